The van der Waals surface area contributed by atoms with Crippen molar-refractivity contribution in [2.45, 2.75) is 51.2 Å². The SMILES string of the molecule is Cc1cc(F)ccc1CC(N)C1CCCC(C(F)(F)F)C1. The highest BCUT2D eigenvalue weighted by Gasteiger charge is 2.43. The molecule has 0 spiro atoms. The number of benzene rings is 1. The number of nitrogens with two attached hydrogens (primary N) is 1. The fourth-order valence-electron chi connectivity index (χ4n) is 3.22. The first kappa shape index (κ1) is 16.3. The van der Waals surface area contributed by atoms with Crippen LogP contribution in [0.3, 0.4) is 0 Å². The summed E-state index contributed by atoms with van der Waals surface area (Å²) < 4.78 is 51.6. The summed E-state index contributed by atoms with van der Waals surface area (Å²) in [6.07, 6.45) is -1.97. The Hall–Kier alpha value is -1.10. The van der Waals surface area contributed by atoms with Gasteiger partial charge in [-0.15, -0.1) is 0 Å². The van der Waals surface area contributed by atoms with Crippen molar-refractivity contribution in [2.75, 3.05) is 0 Å². The summed E-state index contributed by atoms with van der Waals surface area (Å²) in [5, 5.41) is 0. The molecule has 0 aliphatic heterocycles. The molecule has 0 amide bonds. The Morgan fingerprint density at radius 1 is 1.29 bits per heavy atom. The number of hydrogen-bond acceptors (Lipinski definition) is 1. The van der Waals surface area contributed by atoms with Gasteiger partial charge in [0.2, 0.25) is 0 Å². The quantitative estimate of drug-likeness (QED) is 0.824. The van der Waals surface area contributed by atoms with Gasteiger partial charge in [0.25, 0.3) is 0 Å². The van der Waals surface area contributed by atoms with E-state index in [2.05, 4.69) is 0 Å². The Kier molecular flexibility index (Phi) is 4.91. The zero-order valence-corrected chi connectivity index (χ0v) is 12.1. The van der Waals surface area contributed by atoms with Gasteiger partial charge in [0.05, 0.1) is 5.92 Å². The predicted octanol–water partition coefficient (Wildman–Crippen LogP) is 4.37. The second-order valence-corrected chi connectivity index (χ2v) is 6.10. The molecule has 1 aromatic carbocycles. The summed E-state index contributed by atoms with van der Waals surface area (Å²) in [5.74, 6) is -1.65. The highest BCUT2D eigenvalue weighted by molar-refractivity contribution is 5.27. The van der Waals surface area contributed by atoms with E-state index >= 15 is 0 Å². The average Bonchev–Trinajstić information content (AvgIpc) is 2.41. The summed E-state index contributed by atoms with van der Waals surface area (Å²) in [5.41, 5.74) is 7.85. The lowest BCUT2D eigenvalue weighted by Gasteiger charge is -2.34. The molecule has 1 aliphatic carbocycles. The monoisotopic (exact) mass is 303 g/mol. The third-order valence-corrected chi connectivity index (χ3v) is 4.54. The number of aryl methyl sites for hydroxylation is 1. The summed E-state index contributed by atoms with van der Waals surface area (Å²) in [6, 6.07) is 4.17. The minimum atomic E-state index is -4.12. The van der Waals surface area contributed by atoms with Crippen LogP contribution in [0.15, 0.2) is 18.2 Å². The molecular weight excluding hydrogens is 282 g/mol. The molecular formula is C16H21F4N. The van der Waals surface area contributed by atoms with Gasteiger partial charge in [0.1, 0.15) is 5.82 Å². The van der Waals surface area contributed by atoms with Crippen molar-refractivity contribution in [3.05, 3.63) is 35.1 Å². The lowest BCUT2D eigenvalue weighted by molar-refractivity contribution is -0.186. The molecule has 0 heterocycles. The zero-order chi connectivity index (χ0) is 15.6. The maximum absolute atomic E-state index is 13.1. The summed E-state index contributed by atoms with van der Waals surface area (Å²) in [7, 11) is 0. The van der Waals surface area contributed by atoms with Crippen LogP contribution >= 0.6 is 0 Å². The molecule has 2 rings (SSSR count). The van der Waals surface area contributed by atoms with Crippen molar-refractivity contribution in [1.82, 2.24) is 0 Å². The Morgan fingerprint density at radius 2 is 2.00 bits per heavy atom. The van der Waals surface area contributed by atoms with Crippen molar-refractivity contribution < 1.29 is 17.6 Å². The standard InChI is InChI=1S/C16H21F4N/c1-10-7-14(17)6-5-11(10)9-15(21)12-3-2-4-13(8-12)16(18,19)20/h5-7,12-13,15H,2-4,8-9,21H2,1H3. The largest absolute Gasteiger partial charge is 0.391 e. The number of alkyl halides is 3. The third-order valence-electron chi connectivity index (χ3n) is 4.54. The van der Waals surface area contributed by atoms with Crippen LogP contribution < -0.4 is 5.73 Å². The van der Waals surface area contributed by atoms with Gasteiger partial charge < -0.3 is 5.73 Å². The minimum Gasteiger partial charge on any atom is -0.327 e. The van der Waals surface area contributed by atoms with E-state index in [9.17, 15) is 17.6 Å². The normalized spacial score (nSPS) is 24.9. The van der Waals surface area contributed by atoms with Crippen molar-refractivity contribution in [3.63, 3.8) is 0 Å². The van der Waals surface area contributed by atoms with Gasteiger partial charge in [-0.05, 0) is 61.8 Å². The smallest absolute Gasteiger partial charge is 0.327 e. The molecule has 1 nitrogen and oxygen atoms in total. The number of rotatable bonds is 3. The Morgan fingerprint density at radius 3 is 2.62 bits per heavy atom. The van der Waals surface area contributed by atoms with Gasteiger partial charge >= 0.3 is 6.18 Å². The highest BCUT2D eigenvalue weighted by Crippen LogP contribution is 2.41. The minimum absolute atomic E-state index is 0.116. The molecule has 5 heteroatoms. The van der Waals surface area contributed by atoms with Crippen LogP contribution in [0.1, 0.15) is 36.8 Å². The van der Waals surface area contributed by atoms with E-state index in [-0.39, 0.29) is 30.6 Å². The molecule has 2 N–H and O–H groups in total. The molecule has 1 saturated carbocycles. The number of halogens is 4. The van der Waals surface area contributed by atoms with Crippen molar-refractivity contribution in [1.29, 1.82) is 0 Å². The zero-order valence-electron chi connectivity index (χ0n) is 12.1. The Bertz CT molecular complexity index is 484. The molecule has 3 unspecified atom stereocenters. The second-order valence-electron chi connectivity index (χ2n) is 6.10. The summed E-state index contributed by atoms with van der Waals surface area (Å²) in [6.45, 7) is 1.80. The van der Waals surface area contributed by atoms with E-state index in [1.807, 2.05) is 0 Å². The number of hydrogen-bond donors (Lipinski definition) is 1. The van der Waals surface area contributed by atoms with Crippen molar-refractivity contribution in [2.24, 2.45) is 17.6 Å². The average molecular weight is 303 g/mol. The van der Waals surface area contributed by atoms with Crippen molar-refractivity contribution in [3.8, 4) is 0 Å². The first-order valence-corrected chi connectivity index (χ1v) is 7.34. The lowest BCUT2D eigenvalue weighted by Crippen LogP contribution is -2.39. The van der Waals surface area contributed by atoms with Crippen LogP contribution in [-0.4, -0.2) is 12.2 Å². The van der Waals surface area contributed by atoms with E-state index in [4.69, 9.17) is 5.73 Å². The second kappa shape index (κ2) is 6.34. The van der Waals surface area contributed by atoms with Crippen LogP contribution in [0.4, 0.5) is 17.6 Å². The first-order chi connectivity index (χ1) is 9.77. The Labute approximate surface area is 122 Å². The lowest BCUT2D eigenvalue weighted by atomic mass is 9.76. The van der Waals surface area contributed by atoms with E-state index in [0.29, 0.717) is 12.8 Å². The molecule has 1 aromatic rings. The van der Waals surface area contributed by atoms with E-state index in [0.717, 1.165) is 17.5 Å². The Balaban J connectivity index is 2.01. The van der Waals surface area contributed by atoms with E-state index < -0.39 is 12.1 Å². The molecule has 1 fully saturated rings. The molecule has 1 aliphatic rings. The molecule has 0 radical (unpaired) electrons. The predicted molar refractivity (Wildman–Crippen MR) is 74.3 cm³/mol. The van der Waals surface area contributed by atoms with Gasteiger partial charge in [-0.1, -0.05) is 12.5 Å². The molecule has 118 valence electrons. The third kappa shape index (κ3) is 4.19. The fourth-order valence-corrected chi connectivity index (χ4v) is 3.22. The molecule has 0 aromatic heterocycles. The fraction of sp³-hybridized carbons (Fsp3) is 0.625. The van der Waals surface area contributed by atoms with Gasteiger partial charge in [-0.3, -0.25) is 0 Å². The topological polar surface area (TPSA) is 26.0 Å². The first-order valence-electron chi connectivity index (χ1n) is 7.34. The highest BCUT2D eigenvalue weighted by atomic mass is 19.4. The van der Waals surface area contributed by atoms with Crippen LogP contribution in [0.2, 0.25) is 0 Å². The van der Waals surface area contributed by atoms with E-state index in [1.165, 1.54) is 12.1 Å². The summed E-state index contributed by atoms with van der Waals surface area (Å²) >= 11 is 0. The van der Waals surface area contributed by atoms with Crippen LogP contribution in [-0.2, 0) is 6.42 Å². The van der Waals surface area contributed by atoms with E-state index in [1.54, 1.807) is 13.0 Å². The van der Waals surface area contributed by atoms with Gasteiger partial charge in [-0.25, -0.2) is 4.39 Å². The van der Waals surface area contributed by atoms with Gasteiger partial charge in [0, 0.05) is 6.04 Å². The van der Waals surface area contributed by atoms with Gasteiger partial charge in [0.15, 0.2) is 0 Å². The van der Waals surface area contributed by atoms with Crippen molar-refractivity contribution >= 4 is 0 Å². The van der Waals surface area contributed by atoms with Crippen LogP contribution in [0, 0.1) is 24.6 Å². The van der Waals surface area contributed by atoms with Crippen LogP contribution in [0.5, 0.6) is 0 Å². The van der Waals surface area contributed by atoms with Gasteiger partial charge in [-0.2, -0.15) is 13.2 Å². The molecule has 0 bridgehead atoms. The molecule has 0 saturated heterocycles. The summed E-state index contributed by atoms with van der Waals surface area (Å²) in [4.78, 5) is 0. The molecule has 3 atom stereocenters. The molecule has 21 heavy (non-hydrogen) atoms. The maximum atomic E-state index is 13.1. The van der Waals surface area contributed by atoms with Crippen LogP contribution in [0.25, 0.3) is 0 Å². The maximum Gasteiger partial charge on any atom is 0.391 e.